The van der Waals surface area contributed by atoms with Crippen molar-refractivity contribution in [1.82, 2.24) is 10.3 Å². The molecule has 1 fully saturated rings. The minimum atomic E-state index is 0.137. The number of hydrogen-bond donors (Lipinski definition) is 4. The monoisotopic (exact) mass is 398 g/mol. The summed E-state index contributed by atoms with van der Waals surface area (Å²) < 4.78 is 6.02. The summed E-state index contributed by atoms with van der Waals surface area (Å²) in [5, 5.41) is 14.0. The first-order valence-electron chi connectivity index (χ1n) is 10.8. The van der Waals surface area contributed by atoms with Gasteiger partial charge in [-0.3, -0.25) is 0 Å². The third kappa shape index (κ3) is 5.32. The lowest BCUT2D eigenvalue weighted by Crippen LogP contribution is -2.29. The van der Waals surface area contributed by atoms with Crippen molar-refractivity contribution in [2.45, 2.75) is 57.8 Å². The van der Waals surface area contributed by atoms with Crippen molar-refractivity contribution < 1.29 is 9.84 Å². The van der Waals surface area contributed by atoms with Crippen molar-refractivity contribution >= 4 is 11.5 Å². The lowest BCUT2D eigenvalue weighted by atomic mass is 9.89. The van der Waals surface area contributed by atoms with Gasteiger partial charge in [0.1, 0.15) is 17.3 Å². The standard InChI is InChI=1S/C23H34N4O2/c1-2-3-4-5-6-13-29-20-11-7-10-19(28)21(20)18-14-17(22(24)23(25)27-18)16-9-8-12-26-15-16/h7,10-11,14,16,26,28H,2-6,8-9,12-13,15,24H2,1H3,(H2,25,27). The SMILES string of the molecule is CCCCCCCOc1cccc(O)c1-c1cc(C2CCCNC2)c(N)c(N)n1. The molecule has 6 heteroatoms. The minimum Gasteiger partial charge on any atom is -0.507 e. The summed E-state index contributed by atoms with van der Waals surface area (Å²) in [6.07, 6.45) is 8.00. The third-order valence-corrected chi connectivity index (χ3v) is 5.62. The largest absolute Gasteiger partial charge is 0.507 e. The summed E-state index contributed by atoms with van der Waals surface area (Å²) in [6.45, 7) is 4.72. The number of aromatic hydroxyl groups is 1. The Hall–Kier alpha value is -2.47. The van der Waals surface area contributed by atoms with E-state index in [2.05, 4.69) is 17.2 Å². The highest BCUT2D eigenvalue weighted by Gasteiger charge is 2.22. The maximum absolute atomic E-state index is 10.6. The normalized spacial score (nSPS) is 16.7. The van der Waals surface area contributed by atoms with E-state index >= 15 is 0 Å². The predicted octanol–water partition coefficient (Wildman–Crippen LogP) is 4.43. The van der Waals surface area contributed by atoms with E-state index in [1.54, 1.807) is 12.1 Å². The molecule has 1 unspecified atom stereocenters. The van der Waals surface area contributed by atoms with Crippen LogP contribution >= 0.6 is 0 Å². The highest BCUT2D eigenvalue weighted by molar-refractivity contribution is 5.78. The maximum Gasteiger partial charge on any atom is 0.147 e. The van der Waals surface area contributed by atoms with Crippen LogP contribution < -0.4 is 21.5 Å². The molecule has 3 rings (SSSR count). The average Bonchev–Trinajstić information content (AvgIpc) is 2.73. The number of aromatic nitrogens is 1. The molecule has 1 atom stereocenters. The van der Waals surface area contributed by atoms with Crippen LogP contribution in [-0.2, 0) is 0 Å². The first kappa shape index (κ1) is 21.2. The van der Waals surface area contributed by atoms with Crippen LogP contribution in [0.5, 0.6) is 11.5 Å². The molecule has 1 aromatic heterocycles. The molecule has 29 heavy (non-hydrogen) atoms. The fourth-order valence-corrected chi connectivity index (χ4v) is 3.96. The lowest BCUT2D eigenvalue weighted by Gasteiger charge is -2.25. The van der Waals surface area contributed by atoms with Crippen LogP contribution in [0.4, 0.5) is 11.5 Å². The Bertz CT molecular complexity index is 804. The van der Waals surface area contributed by atoms with Gasteiger partial charge in [0.05, 0.1) is 23.6 Å². The van der Waals surface area contributed by atoms with Gasteiger partial charge in [-0.05, 0) is 55.5 Å². The zero-order chi connectivity index (χ0) is 20.6. The van der Waals surface area contributed by atoms with E-state index in [1.165, 1.54) is 19.3 Å². The van der Waals surface area contributed by atoms with Crippen molar-refractivity contribution in [3.05, 3.63) is 29.8 Å². The van der Waals surface area contributed by atoms with Gasteiger partial charge in [-0.1, -0.05) is 38.7 Å². The Labute approximate surface area is 173 Å². The van der Waals surface area contributed by atoms with E-state index < -0.39 is 0 Å². The number of rotatable bonds is 9. The molecule has 1 aromatic carbocycles. The van der Waals surface area contributed by atoms with Gasteiger partial charge in [0.15, 0.2) is 0 Å². The molecule has 0 saturated carbocycles. The van der Waals surface area contributed by atoms with Crippen LogP contribution in [0, 0.1) is 0 Å². The van der Waals surface area contributed by atoms with E-state index in [-0.39, 0.29) is 5.75 Å². The van der Waals surface area contributed by atoms with E-state index in [0.29, 0.717) is 41.0 Å². The molecule has 1 aliphatic rings. The van der Waals surface area contributed by atoms with E-state index in [0.717, 1.165) is 44.3 Å². The molecule has 0 aliphatic carbocycles. The zero-order valence-electron chi connectivity index (χ0n) is 17.4. The number of piperidine rings is 1. The second-order valence-corrected chi connectivity index (χ2v) is 7.85. The van der Waals surface area contributed by atoms with E-state index in [1.807, 2.05) is 12.1 Å². The number of ether oxygens (including phenoxy) is 1. The number of nitrogens with two attached hydrogens (primary N) is 2. The van der Waals surface area contributed by atoms with Crippen molar-refractivity contribution in [3.8, 4) is 22.8 Å². The van der Waals surface area contributed by atoms with Crippen LogP contribution in [0.1, 0.15) is 63.4 Å². The molecule has 6 N–H and O–H groups in total. The van der Waals surface area contributed by atoms with Crippen molar-refractivity contribution in [2.75, 3.05) is 31.2 Å². The third-order valence-electron chi connectivity index (χ3n) is 5.62. The van der Waals surface area contributed by atoms with Crippen LogP contribution in [-0.4, -0.2) is 29.8 Å². The van der Waals surface area contributed by atoms with Crippen molar-refractivity contribution in [3.63, 3.8) is 0 Å². The molecular weight excluding hydrogens is 364 g/mol. The van der Waals surface area contributed by atoms with Crippen LogP contribution in [0.15, 0.2) is 24.3 Å². The van der Waals surface area contributed by atoms with Crippen molar-refractivity contribution in [2.24, 2.45) is 0 Å². The Morgan fingerprint density at radius 3 is 2.79 bits per heavy atom. The smallest absolute Gasteiger partial charge is 0.147 e. The number of nitrogen functional groups attached to an aromatic ring is 2. The fourth-order valence-electron chi connectivity index (χ4n) is 3.96. The van der Waals surface area contributed by atoms with Crippen LogP contribution in [0.3, 0.4) is 0 Å². The number of nitrogens with one attached hydrogen (secondary N) is 1. The highest BCUT2D eigenvalue weighted by Crippen LogP contribution is 2.40. The molecule has 6 nitrogen and oxygen atoms in total. The molecule has 0 bridgehead atoms. The molecule has 0 amide bonds. The quantitative estimate of drug-likeness (QED) is 0.465. The summed E-state index contributed by atoms with van der Waals surface area (Å²) in [4.78, 5) is 4.48. The van der Waals surface area contributed by atoms with Gasteiger partial charge in [0.25, 0.3) is 0 Å². The second kappa shape index (κ2) is 10.3. The number of phenolic OH excluding ortho intramolecular Hbond substituents is 1. The highest BCUT2D eigenvalue weighted by atomic mass is 16.5. The van der Waals surface area contributed by atoms with E-state index in [4.69, 9.17) is 16.2 Å². The molecule has 158 valence electrons. The number of pyridine rings is 1. The molecule has 2 heterocycles. The fraction of sp³-hybridized carbons (Fsp3) is 0.522. The first-order valence-corrected chi connectivity index (χ1v) is 10.8. The van der Waals surface area contributed by atoms with Gasteiger partial charge in [-0.15, -0.1) is 0 Å². The van der Waals surface area contributed by atoms with Gasteiger partial charge in [-0.2, -0.15) is 0 Å². The zero-order valence-corrected chi connectivity index (χ0v) is 17.4. The molecule has 1 aliphatic heterocycles. The van der Waals surface area contributed by atoms with Gasteiger partial charge in [0, 0.05) is 6.54 Å². The number of anilines is 2. The Morgan fingerprint density at radius 2 is 2.03 bits per heavy atom. The van der Waals surface area contributed by atoms with Crippen molar-refractivity contribution in [1.29, 1.82) is 0 Å². The van der Waals surface area contributed by atoms with Gasteiger partial charge in [-0.25, -0.2) is 4.98 Å². The molecule has 0 spiro atoms. The Balaban J connectivity index is 1.85. The summed E-state index contributed by atoms with van der Waals surface area (Å²) >= 11 is 0. The number of phenols is 1. The van der Waals surface area contributed by atoms with Crippen LogP contribution in [0.25, 0.3) is 11.3 Å². The number of benzene rings is 1. The second-order valence-electron chi connectivity index (χ2n) is 7.85. The van der Waals surface area contributed by atoms with Gasteiger partial charge < -0.3 is 26.6 Å². The summed E-state index contributed by atoms with van der Waals surface area (Å²) in [5.74, 6) is 1.36. The maximum atomic E-state index is 10.6. The summed E-state index contributed by atoms with van der Waals surface area (Å²) in [6, 6.07) is 7.28. The van der Waals surface area contributed by atoms with E-state index in [9.17, 15) is 5.11 Å². The Kier molecular flexibility index (Phi) is 7.58. The molecule has 2 aromatic rings. The molecule has 0 radical (unpaired) electrons. The van der Waals surface area contributed by atoms with Crippen LogP contribution in [0.2, 0.25) is 0 Å². The Morgan fingerprint density at radius 1 is 1.21 bits per heavy atom. The first-order chi connectivity index (χ1) is 14.1. The summed E-state index contributed by atoms with van der Waals surface area (Å²) in [7, 11) is 0. The minimum absolute atomic E-state index is 0.137. The van der Waals surface area contributed by atoms with Gasteiger partial charge >= 0.3 is 0 Å². The molecule has 1 saturated heterocycles. The number of nitrogens with zero attached hydrogens (tertiary/aromatic N) is 1. The van der Waals surface area contributed by atoms with Gasteiger partial charge in [0.2, 0.25) is 0 Å². The number of unbranched alkanes of at least 4 members (excludes halogenated alkanes) is 4. The molecular formula is C23H34N4O2. The summed E-state index contributed by atoms with van der Waals surface area (Å²) in [5.41, 5.74) is 15.1. The average molecular weight is 399 g/mol. The lowest BCUT2D eigenvalue weighted by molar-refractivity contribution is 0.304. The predicted molar refractivity (Wildman–Crippen MR) is 119 cm³/mol. The number of hydrogen-bond acceptors (Lipinski definition) is 6. The topological polar surface area (TPSA) is 106 Å².